The molecule has 24 heavy (non-hydrogen) atoms. The van der Waals surface area contributed by atoms with Gasteiger partial charge in [0, 0.05) is 38.1 Å². The molecule has 0 radical (unpaired) electrons. The van der Waals surface area contributed by atoms with Gasteiger partial charge < -0.3 is 14.5 Å². The molecule has 1 aromatic heterocycles. The molecule has 0 N–H and O–H groups in total. The fraction of sp³-hybridized carbons (Fsp3) is 0.684. The minimum absolute atomic E-state index is 0.106. The van der Waals surface area contributed by atoms with Gasteiger partial charge >= 0.3 is 0 Å². The van der Waals surface area contributed by atoms with E-state index in [1.807, 2.05) is 17.0 Å². The van der Waals surface area contributed by atoms with Gasteiger partial charge in [-0.05, 0) is 36.8 Å². The highest BCUT2D eigenvalue weighted by Gasteiger charge is 2.33. The van der Waals surface area contributed by atoms with Crippen LogP contribution in [0.5, 0.6) is 0 Å². The molecule has 1 amide bonds. The molecule has 1 saturated carbocycles. The molecule has 0 aromatic carbocycles. The Morgan fingerprint density at radius 1 is 1.08 bits per heavy atom. The predicted molar refractivity (Wildman–Crippen MR) is 93.2 cm³/mol. The normalized spacial score (nSPS) is 27.7. The number of amides is 1. The number of ether oxygens (including phenoxy) is 1. The standard InChI is InChI=1S/C19H27N3O2/c23-19(22-8-6-15-3-1-2-4-16(15)14-22)18-13-17(5-7-20-18)21-9-11-24-12-10-21/h5,7,13,15-16H,1-4,6,8-12,14H2/t15-,16-/m1/s1. The second-order valence-corrected chi connectivity index (χ2v) is 7.34. The third kappa shape index (κ3) is 3.27. The van der Waals surface area contributed by atoms with Gasteiger partial charge in [0.25, 0.3) is 5.91 Å². The van der Waals surface area contributed by atoms with Crippen LogP contribution in [0.4, 0.5) is 5.69 Å². The lowest BCUT2D eigenvalue weighted by atomic mass is 9.75. The summed E-state index contributed by atoms with van der Waals surface area (Å²) in [6, 6.07) is 3.95. The Kier molecular flexibility index (Phi) is 4.69. The number of fused-ring (bicyclic) bond motifs is 1. The Balaban J connectivity index is 1.46. The highest BCUT2D eigenvalue weighted by molar-refractivity contribution is 5.93. The van der Waals surface area contributed by atoms with E-state index in [2.05, 4.69) is 9.88 Å². The second-order valence-electron chi connectivity index (χ2n) is 7.34. The molecule has 5 heteroatoms. The molecule has 2 atom stereocenters. The van der Waals surface area contributed by atoms with Crippen LogP contribution in [0.1, 0.15) is 42.6 Å². The lowest BCUT2D eigenvalue weighted by molar-refractivity contribution is 0.0515. The Hall–Kier alpha value is -1.62. The zero-order valence-corrected chi connectivity index (χ0v) is 14.3. The maximum atomic E-state index is 12.9. The van der Waals surface area contributed by atoms with Gasteiger partial charge in [0.1, 0.15) is 5.69 Å². The number of pyridine rings is 1. The maximum Gasteiger partial charge on any atom is 0.272 e. The first-order chi connectivity index (χ1) is 11.8. The predicted octanol–water partition coefficient (Wildman–Crippen LogP) is 2.57. The monoisotopic (exact) mass is 329 g/mol. The van der Waals surface area contributed by atoms with E-state index in [1.54, 1.807) is 6.20 Å². The lowest BCUT2D eigenvalue weighted by Crippen LogP contribution is -2.45. The van der Waals surface area contributed by atoms with Gasteiger partial charge in [0.2, 0.25) is 0 Å². The minimum atomic E-state index is 0.106. The third-order valence-corrected chi connectivity index (χ3v) is 5.92. The molecule has 4 rings (SSSR count). The first-order valence-corrected chi connectivity index (χ1v) is 9.39. The summed E-state index contributed by atoms with van der Waals surface area (Å²) in [6.07, 6.45) is 8.28. The summed E-state index contributed by atoms with van der Waals surface area (Å²) >= 11 is 0. The van der Waals surface area contributed by atoms with E-state index >= 15 is 0 Å². The fourth-order valence-electron chi connectivity index (χ4n) is 4.50. The summed E-state index contributed by atoms with van der Waals surface area (Å²) in [6.45, 7) is 5.08. The van der Waals surface area contributed by atoms with E-state index in [-0.39, 0.29) is 5.91 Å². The van der Waals surface area contributed by atoms with Gasteiger partial charge in [-0.3, -0.25) is 9.78 Å². The molecule has 130 valence electrons. The van der Waals surface area contributed by atoms with Crippen molar-refractivity contribution in [3.63, 3.8) is 0 Å². The fourth-order valence-corrected chi connectivity index (χ4v) is 4.50. The van der Waals surface area contributed by atoms with Crippen LogP contribution >= 0.6 is 0 Å². The number of morpholine rings is 1. The Morgan fingerprint density at radius 3 is 2.71 bits per heavy atom. The number of aromatic nitrogens is 1. The molecule has 2 saturated heterocycles. The highest BCUT2D eigenvalue weighted by atomic mass is 16.5. The maximum absolute atomic E-state index is 12.9. The van der Waals surface area contributed by atoms with E-state index < -0.39 is 0 Å². The van der Waals surface area contributed by atoms with Gasteiger partial charge in [-0.2, -0.15) is 0 Å². The molecule has 3 heterocycles. The summed E-state index contributed by atoms with van der Waals surface area (Å²) < 4.78 is 5.41. The summed E-state index contributed by atoms with van der Waals surface area (Å²) in [5.41, 5.74) is 1.68. The number of hydrogen-bond donors (Lipinski definition) is 0. The Bertz CT molecular complexity index is 586. The van der Waals surface area contributed by atoms with Crippen LogP contribution in [-0.2, 0) is 4.74 Å². The quantitative estimate of drug-likeness (QED) is 0.836. The van der Waals surface area contributed by atoms with Crippen molar-refractivity contribution in [2.45, 2.75) is 32.1 Å². The Labute approximate surface area is 144 Å². The first kappa shape index (κ1) is 15.9. The van der Waals surface area contributed by atoms with Crippen LogP contribution < -0.4 is 4.90 Å². The molecule has 0 bridgehead atoms. The smallest absolute Gasteiger partial charge is 0.272 e. The lowest BCUT2D eigenvalue weighted by Gasteiger charge is -2.41. The van der Waals surface area contributed by atoms with Crippen molar-refractivity contribution >= 4 is 11.6 Å². The van der Waals surface area contributed by atoms with E-state index in [0.717, 1.165) is 51.0 Å². The summed E-state index contributed by atoms with van der Waals surface area (Å²) in [4.78, 5) is 21.6. The summed E-state index contributed by atoms with van der Waals surface area (Å²) in [5, 5.41) is 0. The van der Waals surface area contributed by atoms with Crippen LogP contribution in [0.25, 0.3) is 0 Å². The van der Waals surface area contributed by atoms with Crippen LogP contribution in [0.3, 0.4) is 0 Å². The van der Waals surface area contributed by atoms with Crippen molar-refractivity contribution in [2.75, 3.05) is 44.3 Å². The summed E-state index contributed by atoms with van der Waals surface area (Å²) in [7, 11) is 0. The third-order valence-electron chi connectivity index (χ3n) is 5.92. The second kappa shape index (κ2) is 7.09. The molecule has 2 aliphatic heterocycles. The van der Waals surface area contributed by atoms with Gasteiger partial charge in [-0.15, -0.1) is 0 Å². The minimum Gasteiger partial charge on any atom is -0.378 e. The van der Waals surface area contributed by atoms with Crippen molar-refractivity contribution in [1.82, 2.24) is 9.88 Å². The number of hydrogen-bond acceptors (Lipinski definition) is 4. The zero-order valence-electron chi connectivity index (χ0n) is 14.3. The van der Waals surface area contributed by atoms with Gasteiger partial charge in [0.05, 0.1) is 13.2 Å². The average molecular weight is 329 g/mol. The largest absolute Gasteiger partial charge is 0.378 e. The van der Waals surface area contributed by atoms with Gasteiger partial charge in [-0.1, -0.05) is 19.3 Å². The van der Waals surface area contributed by atoms with E-state index in [9.17, 15) is 4.79 Å². The first-order valence-electron chi connectivity index (χ1n) is 9.39. The number of anilines is 1. The van der Waals surface area contributed by atoms with E-state index in [0.29, 0.717) is 11.6 Å². The van der Waals surface area contributed by atoms with Crippen molar-refractivity contribution in [1.29, 1.82) is 0 Å². The van der Waals surface area contributed by atoms with Crippen molar-refractivity contribution < 1.29 is 9.53 Å². The molecular weight excluding hydrogens is 302 g/mol. The molecule has 1 aromatic rings. The molecule has 0 unspecified atom stereocenters. The van der Waals surface area contributed by atoms with Crippen molar-refractivity contribution in [3.05, 3.63) is 24.0 Å². The Morgan fingerprint density at radius 2 is 1.88 bits per heavy atom. The van der Waals surface area contributed by atoms with Gasteiger partial charge in [-0.25, -0.2) is 0 Å². The van der Waals surface area contributed by atoms with Crippen LogP contribution in [-0.4, -0.2) is 55.2 Å². The van der Waals surface area contributed by atoms with E-state index in [4.69, 9.17) is 4.74 Å². The average Bonchev–Trinajstić information content (AvgIpc) is 2.68. The van der Waals surface area contributed by atoms with Crippen LogP contribution in [0.15, 0.2) is 18.3 Å². The summed E-state index contributed by atoms with van der Waals surface area (Å²) in [5.74, 6) is 1.66. The van der Waals surface area contributed by atoms with Crippen LogP contribution in [0, 0.1) is 11.8 Å². The number of carbonyl (C=O) groups excluding carboxylic acids is 1. The van der Waals surface area contributed by atoms with Crippen molar-refractivity contribution in [2.24, 2.45) is 11.8 Å². The van der Waals surface area contributed by atoms with Crippen molar-refractivity contribution in [3.8, 4) is 0 Å². The number of carbonyl (C=O) groups is 1. The number of piperidine rings is 1. The van der Waals surface area contributed by atoms with E-state index in [1.165, 1.54) is 32.1 Å². The SMILES string of the molecule is O=C(c1cc(N2CCOCC2)ccn1)N1CC[C@H]2CCCC[C@@H]2C1. The van der Waals surface area contributed by atoms with Gasteiger partial charge in [0.15, 0.2) is 0 Å². The zero-order chi connectivity index (χ0) is 16.4. The van der Waals surface area contributed by atoms with Crippen LogP contribution in [0.2, 0.25) is 0 Å². The molecule has 0 spiro atoms. The molecule has 1 aliphatic carbocycles. The number of likely N-dealkylation sites (tertiary alicyclic amines) is 1. The molecular formula is C19H27N3O2. The number of nitrogens with zero attached hydrogens (tertiary/aromatic N) is 3. The molecule has 3 fully saturated rings. The number of rotatable bonds is 2. The highest BCUT2D eigenvalue weighted by Crippen LogP contribution is 2.36. The molecule has 5 nitrogen and oxygen atoms in total. The molecule has 3 aliphatic rings. The topological polar surface area (TPSA) is 45.7 Å².